The van der Waals surface area contributed by atoms with E-state index in [1.807, 2.05) is 18.5 Å². The van der Waals surface area contributed by atoms with Crippen molar-refractivity contribution in [1.82, 2.24) is 14.5 Å². The molecule has 1 aliphatic heterocycles. The summed E-state index contributed by atoms with van der Waals surface area (Å²) >= 11 is 0. The third kappa shape index (κ3) is 1.67. The van der Waals surface area contributed by atoms with Crippen molar-refractivity contribution in [1.29, 1.82) is 0 Å². The van der Waals surface area contributed by atoms with Crippen LogP contribution in [0.3, 0.4) is 0 Å². The van der Waals surface area contributed by atoms with Crippen LogP contribution in [0.25, 0.3) is 0 Å². The minimum absolute atomic E-state index is 0.401. The monoisotopic (exact) mass is 195 g/mol. The van der Waals surface area contributed by atoms with Gasteiger partial charge in [0.05, 0.1) is 11.9 Å². The number of imidazole rings is 1. The second-order valence-electron chi connectivity index (χ2n) is 3.96. The molecule has 0 spiro atoms. The van der Waals surface area contributed by atoms with E-state index in [9.17, 15) is 5.11 Å². The van der Waals surface area contributed by atoms with E-state index >= 15 is 0 Å². The van der Waals surface area contributed by atoms with Crippen LogP contribution >= 0.6 is 0 Å². The highest BCUT2D eigenvalue weighted by Gasteiger charge is 2.20. The molecule has 4 nitrogen and oxygen atoms in total. The number of β-amino-alcohol motifs (C(OH)–C–C–N with tert-alkyl or cyclic N) is 1. The molecule has 1 saturated heterocycles. The fourth-order valence-corrected chi connectivity index (χ4v) is 1.73. The van der Waals surface area contributed by atoms with Crippen LogP contribution in [0.15, 0.2) is 6.20 Å². The Labute approximate surface area is 84.2 Å². The molecule has 1 unspecified atom stereocenters. The second-order valence-corrected chi connectivity index (χ2v) is 3.96. The summed E-state index contributed by atoms with van der Waals surface area (Å²) in [7, 11) is 1.94. The molecule has 1 atom stereocenters. The fraction of sp³-hybridized carbons (Fsp3) is 0.700. The highest BCUT2D eigenvalue weighted by atomic mass is 16.3. The van der Waals surface area contributed by atoms with Crippen LogP contribution in [-0.2, 0) is 7.05 Å². The van der Waals surface area contributed by atoms with Crippen molar-refractivity contribution >= 4 is 0 Å². The normalized spacial score (nSPS) is 19.4. The largest absolute Gasteiger partial charge is 0.385 e. The quantitative estimate of drug-likeness (QED) is 0.762. The van der Waals surface area contributed by atoms with Gasteiger partial charge >= 0.3 is 0 Å². The molecular weight excluding hydrogens is 178 g/mol. The molecular formula is C10H17N3O. The van der Waals surface area contributed by atoms with E-state index in [4.69, 9.17) is 0 Å². The standard InChI is InChI=1S/C10H17N3O/c1-8-11-6-9(12(8)2)10(14)7-13-4-3-5-13/h6,10,14H,3-5,7H2,1-2H3. The van der Waals surface area contributed by atoms with E-state index in [1.165, 1.54) is 6.42 Å². The summed E-state index contributed by atoms with van der Waals surface area (Å²) in [6, 6.07) is 0. The van der Waals surface area contributed by atoms with E-state index in [-0.39, 0.29) is 0 Å². The van der Waals surface area contributed by atoms with Gasteiger partial charge in [-0.25, -0.2) is 4.98 Å². The number of hydrogen-bond acceptors (Lipinski definition) is 3. The summed E-state index contributed by atoms with van der Waals surface area (Å²) in [4.78, 5) is 6.43. The molecule has 0 amide bonds. The van der Waals surface area contributed by atoms with E-state index in [0.29, 0.717) is 0 Å². The smallest absolute Gasteiger partial charge is 0.108 e. The minimum Gasteiger partial charge on any atom is -0.385 e. The van der Waals surface area contributed by atoms with Crippen LogP contribution in [-0.4, -0.2) is 39.2 Å². The maximum atomic E-state index is 9.95. The van der Waals surface area contributed by atoms with Gasteiger partial charge in [-0.15, -0.1) is 0 Å². The molecule has 0 aromatic carbocycles. The number of aryl methyl sites for hydroxylation is 1. The van der Waals surface area contributed by atoms with E-state index in [2.05, 4.69) is 9.88 Å². The van der Waals surface area contributed by atoms with Gasteiger partial charge in [0, 0.05) is 13.6 Å². The number of aliphatic hydroxyl groups excluding tert-OH is 1. The molecule has 1 aromatic heterocycles. The van der Waals surface area contributed by atoms with Crippen molar-refractivity contribution in [2.24, 2.45) is 7.05 Å². The van der Waals surface area contributed by atoms with Crippen LogP contribution in [0.1, 0.15) is 24.0 Å². The SMILES string of the molecule is Cc1ncc(C(O)CN2CCC2)n1C. The predicted octanol–water partition coefficient (Wildman–Crippen LogP) is 0.468. The summed E-state index contributed by atoms with van der Waals surface area (Å²) < 4.78 is 1.95. The first kappa shape index (κ1) is 9.68. The Kier molecular flexibility index (Phi) is 2.56. The molecule has 0 radical (unpaired) electrons. The maximum Gasteiger partial charge on any atom is 0.108 e. The van der Waals surface area contributed by atoms with Crippen molar-refractivity contribution < 1.29 is 5.11 Å². The van der Waals surface area contributed by atoms with Crippen molar-refractivity contribution in [2.45, 2.75) is 19.4 Å². The molecule has 78 valence electrons. The zero-order valence-corrected chi connectivity index (χ0v) is 8.77. The van der Waals surface area contributed by atoms with Crippen LogP contribution in [0, 0.1) is 6.92 Å². The van der Waals surface area contributed by atoms with E-state index < -0.39 is 6.10 Å². The van der Waals surface area contributed by atoms with E-state index in [0.717, 1.165) is 31.2 Å². The topological polar surface area (TPSA) is 41.3 Å². The molecule has 4 heteroatoms. The maximum absolute atomic E-state index is 9.95. The molecule has 1 fully saturated rings. The second kappa shape index (κ2) is 3.71. The zero-order chi connectivity index (χ0) is 10.1. The molecule has 2 rings (SSSR count). The Balaban J connectivity index is 2.02. The minimum atomic E-state index is -0.401. The summed E-state index contributed by atoms with van der Waals surface area (Å²) in [6.07, 6.45) is 2.62. The number of nitrogens with zero attached hydrogens (tertiary/aromatic N) is 3. The lowest BCUT2D eigenvalue weighted by Crippen LogP contribution is -2.40. The van der Waals surface area contributed by atoms with Gasteiger partial charge in [-0.05, 0) is 26.4 Å². The van der Waals surface area contributed by atoms with Crippen LogP contribution in [0.4, 0.5) is 0 Å². The lowest BCUT2D eigenvalue weighted by Gasteiger charge is -2.32. The van der Waals surface area contributed by atoms with E-state index in [1.54, 1.807) is 6.20 Å². The third-order valence-corrected chi connectivity index (χ3v) is 2.98. The van der Waals surface area contributed by atoms with Crippen molar-refractivity contribution in [2.75, 3.05) is 19.6 Å². The summed E-state index contributed by atoms with van der Waals surface area (Å²) in [5, 5.41) is 9.95. The zero-order valence-electron chi connectivity index (χ0n) is 8.77. The molecule has 1 aliphatic rings. The number of hydrogen-bond donors (Lipinski definition) is 1. The predicted molar refractivity (Wildman–Crippen MR) is 54.0 cm³/mol. The van der Waals surface area contributed by atoms with Crippen LogP contribution in [0.2, 0.25) is 0 Å². The number of aromatic nitrogens is 2. The highest BCUT2D eigenvalue weighted by molar-refractivity contribution is 5.07. The summed E-state index contributed by atoms with van der Waals surface area (Å²) in [5.41, 5.74) is 0.911. The first-order valence-electron chi connectivity index (χ1n) is 5.07. The molecule has 1 aromatic rings. The van der Waals surface area contributed by atoms with Gasteiger partial charge < -0.3 is 14.6 Å². The lowest BCUT2D eigenvalue weighted by atomic mass is 10.1. The molecule has 2 heterocycles. The first-order chi connectivity index (χ1) is 6.68. The van der Waals surface area contributed by atoms with Crippen molar-refractivity contribution in [3.63, 3.8) is 0 Å². The Morgan fingerprint density at radius 3 is 2.71 bits per heavy atom. The summed E-state index contributed by atoms with van der Waals surface area (Å²) in [6.45, 7) is 4.92. The van der Waals surface area contributed by atoms with Gasteiger partial charge in [-0.1, -0.05) is 0 Å². The van der Waals surface area contributed by atoms with Gasteiger partial charge in [0.25, 0.3) is 0 Å². The molecule has 0 aliphatic carbocycles. The average molecular weight is 195 g/mol. The molecule has 0 bridgehead atoms. The Bertz CT molecular complexity index is 317. The molecule has 14 heavy (non-hydrogen) atoms. The van der Waals surface area contributed by atoms with Crippen molar-refractivity contribution in [3.8, 4) is 0 Å². The van der Waals surface area contributed by atoms with Crippen LogP contribution < -0.4 is 0 Å². The number of aliphatic hydroxyl groups is 1. The van der Waals surface area contributed by atoms with Crippen LogP contribution in [0.5, 0.6) is 0 Å². The molecule has 1 N–H and O–H groups in total. The average Bonchev–Trinajstić information content (AvgIpc) is 2.41. The Hall–Kier alpha value is -0.870. The van der Waals surface area contributed by atoms with Gasteiger partial charge in [0.1, 0.15) is 11.9 Å². The van der Waals surface area contributed by atoms with Crippen molar-refractivity contribution in [3.05, 3.63) is 17.7 Å². The number of likely N-dealkylation sites (tertiary alicyclic amines) is 1. The van der Waals surface area contributed by atoms with Gasteiger partial charge in [0.2, 0.25) is 0 Å². The summed E-state index contributed by atoms with van der Waals surface area (Å²) in [5.74, 6) is 0.947. The molecule has 0 saturated carbocycles. The highest BCUT2D eigenvalue weighted by Crippen LogP contribution is 2.17. The first-order valence-corrected chi connectivity index (χ1v) is 5.07. The Morgan fingerprint density at radius 2 is 2.29 bits per heavy atom. The van der Waals surface area contributed by atoms with Gasteiger partial charge in [-0.2, -0.15) is 0 Å². The third-order valence-electron chi connectivity index (χ3n) is 2.98. The Morgan fingerprint density at radius 1 is 1.57 bits per heavy atom. The fourth-order valence-electron chi connectivity index (χ4n) is 1.73. The van der Waals surface area contributed by atoms with Gasteiger partial charge in [0.15, 0.2) is 0 Å². The lowest BCUT2D eigenvalue weighted by molar-refractivity contribution is 0.0745. The van der Waals surface area contributed by atoms with Gasteiger partial charge in [-0.3, -0.25) is 0 Å². The number of rotatable bonds is 3.